The van der Waals surface area contributed by atoms with Crippen LogP contribution in [0, 0.1) is 6.92 Å². The molecule has 0 spiro atoms. The molecule has 1 aliphatic heterocycles. The number of amides is 1. The van der Waals surface area contributed by atoms with E-state index in [9.17, 15) is 23.1 Å². The molecule has 1 amide bonds. The Bertz CT molecular complexity index is 1570. The number of halogens is 3. The highest BCUT2D eigenvalue weighted by atomic mass is 32.1. The van der Waals surface area contributed by atoms with E-state index in [0.29, 0.717) is 30.7 Å². The van der Waals surface area contributed by atoms with E-state index in [2.05, 4.69) is 15.2 Å². The first kappa shape index (κ1) is 33.4. The zero-order valence-electron chi connectivity index (χ0n) is 25.5. The van der Waals surface area contributed by atoms with Crippen molar-refractivity contribution in [3.8, 4) is 5.75 Å². The third-order valence-electron chi connectivity index (χ3n) is 6.96. The lowest BCUT2D eigenvalue weighted by Gasteiger charge is -2.35. The van der Waals surface area contributed by atoms with Gasteiger partial charge in [-0.1, -0.05) is 61.6 Å². The molecule has 0 bridgehead atoms. The quantitative estimate of drug-likeness (QED) is 0.206. The third kappa shape index (κ3) is 8.35. The largest absolute Gasteiger partial charge is 0.507 e. The average molecular weight is 630 g/mol. The van der Waals surface area contributed by atoms with Crippen LogP contribution in [0.1, 0.15) is 65.9 Å². The van der Waals surface area contributed by atoms with Crippen LogP contribution in [0.3, 0.4) is 0 Å². The molecule has 0 unspecified atom stereocenters. The number of phenolic OH excluding ortho intramolecular Hbond substituents is 1. The van der Waals surface area contributed by atoms with Gasteiger partial charge in [0, 0.05) is 30.8 Å². The Hall–Kier alpha value is -3.51. The number of aromatic hydroxyl groups is 1. The fourth-order valence-electron chi connectivity index (χ4n) is 5.25. The minimum atomic E-state index is -4.56. The van der Waals surface area contributed by atoms with Gasteiger partial charge in [0.05, 0.1) is 46.8 Å². The van der Waals surface area contributed by atoms with E-state index in [4.69, 9.17) is 9.47 Å². The molecule has 2 heterocycles. The molecule has 1 aromatic heterocycles. The maximum atomic E-state index is 13.7. The van der Waals surface area contributed by atoms with Gasteiger partial charge in [0.15, 0.2) is 5.13 Å². The van der Waals surface area contributed by atoms with Crippen molar-refractivity contribution in [2.45, 2.75) is 72.8 Å². The van der Waals surface area contributed by atoms with E-state index >= 15 is 0 Å². The lowest BCUT2D eigenvalue weighted by Crippen LogP contribution is -2.44. The van der Waals surface area contributed by atoms with Crippen molar-refractivity contribution in [3.63, 3.8) is 0 Å². The Morgan fingerprint density at radius 1 is 1.07 bits per heavy atom. The number of carbonyl (C=O) groups excluding carboxylic acids is 1. The summed E-state index contributed by atoms with van der Waals surface area (Å²) in [5.41, 5.74) is 2.13. The number of nitrogens with one attached hydrogen (secondary N) is 1. The second-order valence-electron chi connectivity index (χ2n) is 10.7. The molecule has 1 saturated heterocycles. The van der Waals surface area contributed by atoms with Crippen LogP contribution in [0.25, 0.3) is 10.2 Å². The van der Waals surface area contributed by atoms with Crippen LogP contribution in [0.4, 0.5) is 18.3 Å². The zero-order valence-corrected chi connectivity index (χ0v) is 26.3. The predicted molar refractivity (Wildman–Crippen MR) is 167 cm³/mol. The Balaban J connectivity index is 0.00000216. The van der Waals surface area contributed by atoms with Gasteiger partial charge in [0.2, 0.25) is 0 Å². The number of aryl methyl sites for hydroxylation is 1. The van der Waals surface area contributed by atoms with E-state index in [1.165, 1.54) is 0 Å². The summed E-state index contributed by atoms with van der Waals surface area (Å²) in [7, 11) is 0. The van der Waals surface area contributed by atoms with Crippen LogP contribution >= 0.6 is 11.3 Å². The number of aromatic nitrogens is 1. The summed E-state index contributed by atoms with van der Waals surface area (Å²) in [4.78, 5) is 19.9. The number of anilines is 1. The standard InChI is InChI=1S/C31H32F3N3O4S.C2H6/c1-18-9-22(15-37-13-19(2)41-20(3)14-37)28(38)25(10-18)29(39)36-30-35-27-23(17-40-16-21-7-5-4-6-8-21)11-24(31(32,33)34)12-26(27)42-30;1-2/h4-12,19-20,38H,13-17H2,1-3H3,(H,35,36,39);1-2H3/t19-,20+;. The second-order valence-corrected chi connectivity index (χ2v) is 11.7. The number of fused-ring (bicyclic) bond motifs is 1. The molecule has 2 atom stereocenters. The maximum absolute atomic E-state index is 13.7. The first-order valence-corrected chi connectivity index (χ1v) is 15.4. The van der Waals surface area contributed by atoms with Crippen LogP contribution in [-0.2, 0) is 35.4 Å². The van der Waals surface area contributed by atoms with Crippen molar-refractivity contribution >= 4 is 32.6 Å². The average Bonchev–Trinajstić information content (AvgIpc) is 3.38. The molecule has 0 saturated carbocycles. The summed E-state index contributed by atoms with van der Waals surface area (Å²) < 4.78 is 52.8. The molecule has 5 rings (SSSR count). The highest BCUT2D eigenvalue weighted by molar-refractivity contribution is 7.22. The SMILES string of the molecule is CC.Cc1cc(CN2C[C@@H](C)O[C@@H](C)C2)c(O)c(C(=O)Nc2nc3c(COCc4ccccc4)cc(C(F)(F)F)cc3s2)c1. The molecule has 4 aromatic rings. The zero-order chi connectivity index (χ0) is 32.0. The Morgan fingerprint density at radius 2 is 1.75 bits per heavy atom. The highest BCUT2D eigenvalue weighted by Gasteiger charge is 2.32. The minimum Gasteiger partial charge on any atom is -0.507 e. The van der Waals surface area contributed by atoms with Crippen LogP contribution in [0.5, 0.6) is 5.75 Å². The normalized spacial score (nSPS) is 17.3. The highest BCUT2D eigenvalue weighted by Crippen LogP contribution is 2.37. The number of carbonyl (C=O) groups is 1. The number of ether oxygens (including phenoxy) is 2. The van der Waals surface area contributed by atoms with Gasteiger partial charge < -0.3 is 14.6 Å². The summed E-state index contributed by atoms with van der Waals surface area (Å²) in [6.07, 6.45) is -4.46. The van der Waals surface area contributed by atoms with E-state index in [0.717, 1.165) is 34.6 Å². The topological polar surface area (TPSA) is 83.9 Å². The van der Waals surface area contributed by atoms with Gasteiger partial charge in [-0.15, -0.1) is 0 Å². The molecule has 11 heteroatoms. The number of thiazole rings is 1. The molecule has 2 N–H and O–H groups in total. The molecule has 1 fully saturated rings. The maximum Gasteiger partial charge on any atom is 0.416 e. The first-order chi connectivity index (χ1) is 21.0. The number of benzene rings is 3. The Labute approximate surface area is 259 Å². The molecule has 44 heavy (non-hydrogen) atoms. The van der Waals surface area contributed by atoms with Crippen LogP contribution in [-0.4, -0.2) is 46.2 Å². The smallest absolute Gasteiger partial charge is 0.416 e. The van der Waals surface area contributed by atoms with Gasteiger partial charge in [-0.25, -0.2) is 4.98 Å². The van der Waals surface area contributed by atoms with Gasteiger partial charge in [-0.2, -0.15) is 13.2 Å². The van der Waals surface area contributed by atoms with Gasteiger partial charge in [0.1, 0.15) is 5.75 Å². The van der Waals surface area contributed by atoms with Gasteiger partial charge in [-0.3, -0.25) is 15.0 Å². The fourth-order valence-corrected chi connectivity index (χ4v) is 6.19. The molecular weight excluding hydrogens is 591 g/mol. The van der Waals surface area contributed by atoms with Gasteiger partial charge in [0.25, 0.3) is 5.91 Å². The van der Waals surface area contributed by atoms with E-state index in [1.807, 2.05) is 71.0 Å². The summed E-state index contributed by atoms with van der Waals surface area (Å²) in [5.74, 6) is -0.737. The molecule has 1 aliphatic rings. The molecular formula is C33H38F3N3O4S. The second kappa shape index (κ2) is 14.5. The van der Waals surface area contributed by atoms with E-state index < -0.39 is 17.6 Å². The van der Waals surface area contributed by atoms with Crippen molar-refractivity contribution in [2.75, 3.05) is 18.4 Å². The number of alkyl halides is 3. The van der Waals surface area contributed by atoms with Gasteiger partial charge in [-0.05, 0) is 50.1 Å². The number of morpholine rings is 1. The van der Waals surface area contributed by atoms with E-state index in [1.54, 1.807) is 6.07 Å². The summed E-state index contributed by atoms with van der Waals surface area (Å²) >= 11 is 0.935. The van der Waals surface area contributed by atoms with Crippen LogP contribution < -0.4 is 5.32 Å². The van der Waals surface area contributed by atoms with Crippen molar-refractivity contribution in [3.05, 3.63) is 88.0 Å². The Morgan fingerprint density at radius 3 is 2.41 bits per heavy atom. The predicted octanol–water partition coefficient (Wildman–Crippen LogP) is 7.93. The van der Waals surface area contributed by atoms with Crippen molar-refractivity contribution in [2.24, 2.45) is 0 Å². The molecule has 0 radical (unpaired) electrons. The summed E-state index contributed by atoms with van der Waals surface area (Å²) in [6, 6.07) is 14.8. The number of phenols is 1. The number of hydrogen-bond acceptors (Lipinski definition) is 7. The lowest BCUT2D eigenvalue weighted by molar-refractivity contribution is -0.137. The number of hydrogen-bond donors (Lipinski definition) is 2. The summed E-state index contributed by atoms with van der Waals surface area (Å²) in [5, 5.41) is 13.9. The summed E-state index contributed by atoms with van der Waals surface area (Å²) in [6.45, 7) is 11.8. The first-order valence-electron chi connectivity index (χ1n) is 14.6. The van der Waals surface area contributed by atoms with Crippen LogP contribution in [0.2, 0.25) is 0 Å². The monoisotopic (exact) mass is 629 g/mol. The molecule has 236 valence electrons. The van der Waals surface area contributed by atoms with E-state index in [-0.39, 0.29) is 52.1 Å². The number of nitrogens with zero attached hydrogens (tertiary/aromatic N) is 2. The third-order valence-corrected chi connectivity index (χ3v) is 7.88. The minimum absolute atomic E-state index is 0.0500. The Kier molecular flexibility index (Phi) is 11.0. The van der Waals surface area contributed by atoms with Crippen molar-refractivity contribution in [1.29, 1.82) is 0 Å². The van der Waals surface area contributed by atoms with Crippen LogP contribution in [0.15, 0.2) is 54.6 Å². The number of rotatable bonds is 8. The molecule has 3 aromatic carbocycles. The van der Waals surface area contributed by atoms with Crippen molar-refractivity contribution in [1.82, 2.24) is 9.88 Å². The van der Waals surface area contributed by atoms with Gasteiger partial charge >= 0.3 is 6.18 Å². The molecule has 7 nitrogen and oxygen atoms in total. The van der Waals surface area contributed by atoms with Crippen molar-refractivity contribution < 1.29 is 32.5 Å². The lowest BCUT2D eigenvalue weighted by atomic mass is 10.0. The fraction of sp³-hybridized carbons (Fsp3) is 0.394. The molecule has 0 aliphatic carbocycles.